The van der Waals surface area contributed by atoms with Gasteiger partial charge in [-0.05, 0) is 61.7 Å². The molecule has 2 aromatic rings. The fourth-order valence-electron chi connectivity index (χ4n) is 3.03. The van der Waals surface area contributed by atoms with E-state index in [1.807, 2.05) is 0 Å². The minimum Gasteiger partial charge on any atom is -0.326 e. The molecular weight excluding hydrogens is 374 g/mol. The first-order valence-corrected chi connectivity index (χ1v) is 10.0. The van der Waals surface area contributed by atoms with E-state index in [0.29, 0.717) is 24.1 Å². The molecule has 144 valence electrons. The van der Waals surface area contributed by atoms with E-state index in [2.05, 4.69) is 5.32 Å². The lowest BCUT2D eigenvalue weighted by atomic mass is 9.97. The van der Waals surface area contributed by atoms with Crippen LogP contribution < -0.4 is 5.32 Å². The Kier molecular flexibility index (Phi) is 5.57. The summed E-state index contributed by atoms with van der Waals surface area (Å²) in [6, 6.07) is 9.15. The van der Waals surface area contributed by atoms with Gasteiger partial charge in [0.1, 0.15) is 11.6 Å². The minimum absolute atomic E-state index is 0.0296. The van der Waals surface area contributed by atoms with E-state index >= 15 is 0 Å². The first-order chi connectivity index (χ1) is 12.8. The Morgan fingerprint density at radius 2 is 1.70 bits per heavy atom. The van der Waals surface area contributed by atoms with Crippen LogP contribution in [0.1, 0.15) is 18.4 Å². The van der Waals surface area contributed by atoms with Crippen LogP contribution in [0.25, 0.3) is 0 Å². The molecule has 0 atom stereocenters. The van der Waals surface area contributed by atoms with Gasteiger partial charge in [-0.2, -0.15) is 4.31 Å². The van der Waals surface area contributed by atoms with Crippen molar-refractivity contribution in [3.05, 3.63) is 59.7 Å². The van der Waals surface area contributed by atoms with E-state index in [1.54, 1.807) is 19.1 Å². The second kappa shape index (κ2) is 7.74. The molecule has 0 spiro atoms. The molecule has 1 amide bonds. The maximum atomic E-state index is 13.6. The fraction of sp³-hybridized carbons (Fsp3) is 0.316. The third kappa shape index (κ3) is 4.33. The number of sulfonamides is 1. The second-order valence-corrected chi connectivity index (χ2v) is 8.52. The van der Waals surface area contributed by atoms with Crippen molar-refractivity contribution in [2.24, 2.45) is 5.92 Å². The quantitative estimate of drug-likeness (QED) is 0.865. The third-order valence-corrected chi connectivity index (χ3v) is 6.63. The summed E-state index contributed by atoms with van der Waals surface area (Å²) >= 11 is 0. The van der Waals surface area contributed by atoms with Crippen molar-refractivity contribution < 1.29 is 22.0 Å². The number of piperidine rings is 1. The zero-order chi connectivity index (χ0) is 19.6. The summed E-state index contributed by atoms with van der Waals surface area (Å²) in [5.74, 6) is -1.50. The van der Waals surface area contributed by atoms with Crippen molar-refractivity contribution in [1.82, 2.24) is 4.31 Å². The van der Waals surface area contributed by atoms with Crippen LogP contribution in [0.5, 0.6) is 0 Å². The van der Waals surface area contributed by atoms with Crippen LogP contribution in [0.4, 0.5) is 14.5 Å². The Morgan fingerprint density at radius 3 is 2.30 bits per heavy atom. The largest absolute Gasteiger partial charge is 0.326 e. The number of nitrogens with zero attached hydrogens (tertiary/aromatic N) is 1. The van der Waals surface area contributed by atoms with E-state index in [9.17, 15) is 22.0 Å². The Labute approximate surface area is 157 Å². The van der Waals surface area contributed by atoms with Gasteiger partial charge in [0.25, 0.3) is 0 Å². The van der Waals surface area contributed by atoms with Gasteiger partial charge in [0, 0.05) is 24.7 Å². The number of carbonyl (C=O) groups is 1. The topological polar surface area (TPSA) is 66.5 Å². The second-order valence-electron chi connectivity index (χ2n) is 6.59. The Morgan fingerprint density at radius 1 is 1.07 bits per heavy atom. The maximum Gasteiger partial charge on any atom is 0.243 e. The van der Waals surface area contributed by atoms with Crippen LogP contribution in [-0.4, -0.2) is 31.7 Å². The average Bonchev–Trinajstić information content (AvgIpc) is 2.65. The van der Waals surface area contributed by atoms with Crippen LogP contribution >= 0.6 is 0 Å². The highest BCUT2D eigenvalue weighted by Crippen LogP contribution is 2.25. The number of hydrogen-bond acceptors (Lipinski definition) is 3. The maximum absolute atomic E-state index is 13.6. The molecule has 0 aliphatic carbocycles. The minimum atomic E-state index is -3.71. The molecule has 1 saturated heterocycles. The molecule has 1 aliphatic heterocycles. The monoisotopic (exact) mass is 394 g/mol. The van der Waals surface area contributed by atoms with Gasteiger partial charge < -0.3 is 5.32 Å². The predicted molar refractivity (Wildman–Crippen MR) is 97.6 cm³/mol. The first kappa shape index (κ1) is 19.4. The average molecular weight is 394 g/mol. The molecule has 2 aromatic carbocycles. The molecule has 0 unspecified atom stereocenters. The van der Waals surface area contributed by atoms with Crippen molar-refractivity contribution in [2.75, 3.05) is 18.4 Å². The summed E-state index contributed by atoms with van der Waals surface area (Å²) in [4.78, 5) is 12.4. The molecule has 3 rings (SSSR count). The predicted octanol–water partition coefficient (Wildman–Crippen LogP) is 3.31. The molecule has 1 N–H and O–H groups in total. The van der Waals surface area contributed by atoms with Crippen LogP contribution in [-0.2, 0) is 14.8 Å². The lowest BCUT2D eigenvalue weighted by Gasteiger charge is -2.30. The van der Waals surface area contributed by atoms with E-state index in [0.717, 1.165) is 12.1 Å². The van der Waals surface area contributed by atoms with Gasteiger partial charge in [0.2, 0.25) is 15.9 Å². The number of nitrogens with one attached hydrogen (secondary N) is 1. The smallest absolute Gasteiger partial charge is 0.243 e. The molecule has 0 aromatic heterocycles. The summed E-state index contributed by atoms with van der Waals surface area (Å²) in [6.45, 7) is 2.03. The van der Waals surface area contributed by atoms with Crippen LogP contribution in [0.2, 0.25) is 0 Å². The molecular formula is C19H20F2N2O3S. The number of aryl methyl sites for hydroxylation is 1. The SMILES string of the molecule is Cc1ccc(NC(=O)C2CCN(S(=O)(=O)c3ccc(F)cc3)CC2)cc1F. The normalized spacial score (nSPS) is 16.3. The number of benzene rings is 2. The summed E-state index contributed by atoms with van der Waals surface area (Å²) in [5, 5.41) is 2.68. The molecule has 0 radical (unpaired) electrons. The van der Waals surface area contributed by atoms with Gasteiger partial charge in [-0.25, -0.2) is 17.2 Å². The van der Waals surface area contributed by atoms with Crippen molar-refractivity contribution in [1.29, 1.82) is 0 Å². The van der Waals surface area contributed by atoms with E-state index in [1.165, 1.54) is 22.5 Å². The molecule has 1 fully saturated rings. The standard InChI is InChI=1S/C19H20F2N2O3S/c1-13-2-5-16(12-18(13)21)22-19(24)14-8-10-23(11-9-14)27(25,26)17-6-3-15(20)4-7-17/h2-7,12,14H,8-11H2,1H3,(H,22,24). The number of carbonyl (C=O) groups excluding carboxylic acids is 1. The third-order valence-electron chi connectivity index (χ3n) is 4.72. The van der Waals surface area contributed by atoms with Gasteiger partial charge in [-0.1, -0.05) is 6.07 Å². The summed E-state index contributed by atoms with van der Waals surface area (Å²) < 4.78 is 53.1. The van der Waals surface area contributed by atoms with Crippen molar-refractivity contribution in [3.8, 4) is 0 Å². The molecule has 0 saturated carbocycles. The zero-order valence-electron chi connectivity index (χ0n) is 14.8. The van der Waals surface area contributed by atoms with Crippen LogP contribution in [0.15, 0.2) is 47.4 Å². The Bertz CT molecular complexity index is 938. The molecule has 5 nitrogen and oxygen atoms in total. The van der Waals surface area contributed by atoms with Gasteiger partial charge in [0.15, 0.2) is 0 Å². The van der Waals surface area contributed by atoms with Crippen LogP contribution in [0, 0.1) is 24.5 Å². The fourth-order valence-corrected chi connectivity index (χ4v) is 4.50. The number of halogens is 2. The van der Waals surface area contributed by atoms with Gasteiger partial charge in [-0.15, -0.1) is 0 Å². The van der Waals surface area contributed by atoms with Crippen molar-refractivity contribution in [2.45, 2.75) is 24.7 Å². The molecule has 1 heterocycles. The zero-order valence-corrected chi connectivity index (χ0v) is 15.6. The van der Waals surface area contributed by atoms with Crippen LogP contribution in [0.3, 0.4) is 0 Å². The molecule has 27 heavy (non-hydrogen) atoms. The number of amides is 1. The van der Waals surface area contributed by atoms with Gasteiger partial charge in [0.05, 0.1) is 4.90 Å². The molecule has 8 heteroatoms. The Balaban J connectivity index is 1.61. The van der Waals surface area contributed by atoms with Gasteiger partial charge in [-0.3, -0.25) is 4.79 Å². The highest BCUT2D eigenvalue weighted by molar-refractivity contribution is 7.89. The lowest BCUT2D eigenvalue weighted by Crippen LogP contribution is -2.41. The van der Waals surface area contributed by atoms with E-state index in [-0.39, 0.29) is 29.8 Å². The summed E-state index contributed by atoms with van der Waals surface area (Å²) in [7, 11) is -3.71. The molecule has 0 bridgehead atoms. The van der Waals surface area contributed by atoms with Crippen molar-refractivity contribution >= 4 is 21.6 Å². The first-order valence-electron chi connectivity index (χ1n) is 8.60. The Hall–Kier alpha value is -2.32. The van der Waals surface area contributed by atoms with Crippen molar-refractivity contribution in [3.63, 3.8) is 0 Å². The summed E-state index contributed by atoms with van der Waals surface area (Å²) in [6.07, 6.45) is 0.723. The number of anilines is 1. The van der Waals surface area contributed by atoms with E-state index in [4.69, 9.17) is 0 Å². The summed E-state index contributed by atoms with van der Waals surface area (Å²) in [5.41, 5.74) is 0.872. The highest BCUT2D eigenvalue weighted by atomic mass is 32.2. The van der Waals surface area contributed by atoms with Gasteiger partial charge >= 0.3 is 0 Å². The highest BCUT2D eigenvalue weighted by Gasteiger charge is 2.32. The van der Waals surface area contributed by atoms with E-state index < -0.39 is 21.7 Å². The molecule has 1 aliphatic rings. The lowest BCUT2D eigenvalue weighted by molar-refractivity contribution is -0.120. The number of rotatable bonds is 4. The number of hydrogen-bond donors (Lipinski definition) is 1.